The van der Waals surface area contributed by atoms with Gasteiger partial charge in [0.1, 0.15) is 6.61 Å². The molecule has 0 heterocycles. The Morgan fingerprint density at radius 2 is 1.93 bits per heavy atom. The van der Waals surface area contributed by atoms with E-state index in [4.69, 9.17) is 4.74 Å². The van der Waals surface area contributed by atoms with Crippen molar-refractivity contribution in [2.45, 2.75) is 39.3 Å². The molecule has 90 valence electrons. The molecule has 0 rings (SSSR count). The molecule has 0 radical (unpaired) electrons. The van der Waals surface area contributed by atoms with E-state index >= 15 is 0 Å². The highest BCUT2D eigenvalue weighted by atomic mass is 16.5. The Morgan fingerprint density at radius 1 is 1.40 bits per heavy atom. The summed E-state index contributed by atoms with van der Waals surface area (Å²) >= 11 is 0. The van der Waals surface area contributed by atoms with Crippen molar-refractivity contribution in [3.05, 3.63) is 0 Å². The van der Waals surface area contributed by atoms with Crippen LogP contribution in [0.3, 0.4) is 0 Å². The Hall–Kier alpha value is -0.610. The van der Waals surface area contributed by atoms with Gasteiger partial charge >= 0.3 is 0 Å². The van der Waals surface area contributed by atoms with E-state index in [9.17, 15) is 4.79 Å². The van der Waals surface area contributed by atoms with E-state index in [1.807, 2.05) is 46.7 Å². The lowest BCUT2D eigenvalue weighted by atomic mass is 10.2. The molecular weight excluding hydrogens is 192 g/mol. The maximum atomic E-state index is 11.4. The molecule has 0 bridgehead atoms. The second kappa shape index (κ2) is 6.08. The molecule has 0 aliphatic rings. The van der Waals surface area contributed by atoms with Crippen molar-refractivity contribution in [2.75, 3.05) is 27.2 Å². The SMILES string of the molecule is CC(CN(C)C)NC(=O)COC(C)(C)C. The number of nitrogens with zero attached hydrogens (tertiary/aromatic N) is 1. The van der Waals surface area contributed by atoms with Crippen molar-refractivity contribution >= 4 is 5.91 Å². The van der Waals surface area contributed by atoms with Gasteiger partial charge < -0.3 is 15.0 Å². The Labute approximate surface area is 93.0 Å². The third kappa shape index (κ3) is 9.69. The summed E-state index contributed by atoms with van der Waals surface area (Å²) in [6.45, 7) is 8.74. The minimum atomic E-state index is -0.262. The van der Waals surface area contributed by atoms with Crippen LogP contribution < -0.4 is 5.32 Å². The molecule has 0 aliphatic heterocycles. The molecule has 0 fully saturated rings. The van der Waals surface area contributed by atoms with Gasteiger partial charge in [-0.15, -0.1) is 0 Å². The molecular formula is C11H24N2O2. The van der Waals surface area contributed by atoms with Crippen molar-refractivity contribution in [1.29, 1.82) is 0 Å². The van der Waals surface area contributed by atoms with Gasteiger partial charge in [-0.05, 0) is 41.8 Å². The molecule has 0 aromatic rings. The van der Waals surface area contributed by atoms with Crippen molar-refractivity contribution in [3.63, 3.8) is 0 Å². The highest BCUT2D eigenvalue weighted by Crippen LogP contribution is 2.05. The van der Waals surface area contributed by atoms with Crippen molar-refractivity contribution < 1.29 is 9.53 Å². The van der Waals surface area contributed by atoms with E-state index in [1.165, 1.54) is 0 Å². The first-order chi connectivity index (χ1) is 6.70. The second-order valence-electron chi connectivity index (χ2n) is 5.13. The fourth-order valence-corrected chi connectivity index (χ4v) is 1.19. The minimum Gasteiger partial charge on any atom is -0.366 e. The van der Waals surface area contributed by atoms with Gasteiger partial charge in [0.25, 0.3) is 0 Å². The van der Waals surface area contributed by atoms with Gasteiger partial charge in [-0.3, -0.25) is 4.79 Å². The van der Waals surface area contributed by atoms with Crippen LogP contribution in [0.5, 0.6) is 0 Å². The number of hydrogen-bond donors (Lipinski definition) is 1. The van der Waals surface area contributed by atoms with Gasteiger partial charge in [-0.1, -0.05) is 0 Å². The largest absolute Gasteiger partial charge is 0.366 e. The zero-order chi connectivity index (χ0) is 12.1. The molecule has 15 heavy (non-hydrogen) atoms. The Morgan fingerprint density at radius 3 is 2.33 bits per heavy atom. The quantitative estimate of drug-likeness (QED) is 0.741. The van der Waals surface area contributed by atoms with Crippen LogP contribution in [0.2, 0.25) is 0 Å². The Kier molecular flexibility index (Phi) is 5.83. The first kappa shape index (κ1) is 14.4. The van der Waals surface area contributed by atoms with Gasteiger partial charge in [-0.25, -0.2) is 0 Å². The van der Waals surface area contributed by atoms with E-state index in [0.717, 1.165) is 6.54 Å². The molecule has 0 spiro atoms. The fraction of sp³-hybridized carbons (Fsp3) is 0.909. The molecule has 4 heteroatoms. The van der Waals surface area contributed by atoms with E-state index in [0.29, 0.717) is 0 Å². The van der Waals surface area contributed by atoms with Crippen molar-refractivity contribution in [1.82, 2.24) is 10.2 Å². The predicted octanol–water partition coefficient (Wildman–Crippen LogP) is 0.868. The molecule has 1 atom stereocenters. The maximum Gasteiger partial charge on any atom is 0.246 e. The van der Waals surface area contributed by atoms with Gasteiger partial charge in [0.2, 0.25) is 5.91 Å². The number of hydrogen-bond acceptors (Lipinski definition) is 3. The number of nitrogens with one attached hydrogen (secondary N) is 1. The van der Waals surface area contributed by atoms with Crippen LogP contribution >= 0.6 is 0 Å². The molecule has 0 saturated heterocycles. The summed E-state index contributed by atoms with van der Waals surface area (Å²) in [7, 11) is 3.96. The van der Waals surface area contributed by atoms with Crippen LogP contribution in [0, 0.1) is 0 Å². The summed E-state index contributed by atoms with van der Waals surface area (Å²) in [6, 6.07) is 0.149. The normalized spacial score (nSPS) is 14.1. The summed E-state index contributed by atoms with van der Waals surface area (Å²) < 4.78 is 5.37. The molecule has 1 amide bonds. The molecule has 1 unspecified atom stereocenters. The number of amides is 1. The number of likely N-dealkylation sites (N-methyl/N-ethyl adjacent to an activating group) is 1. The Balaban J connectivity index is 3.74. The van der Waals surface area contributed by atoms with Crippen LogP contribution in [-0.4, -0.2) is 49.7 Å². The van der Waals surface area contributed by atoms with Gasteiger partial charge in [-0.2, -0.15) is 0 Å². The summed E-state index contributed by atoms with van der Waals surface area (Å²) in [5, 5.41) is 2.88. The predicted molar refractivity (Wildman–Crippen MR) is 61.9 cm³/mol. The van der Waals surface area contributed by atoms with E-state index in [1.54, 1.807) is 0 Å². The minimum absolute atomic E-state index is 0.0562. The smallest absolute Gasteiger partial charge is 0.246 e. The lowest BCUT2D eigenvalue weighted by Gasteiger charge is -2.21. The van der Waals surface area contributed by atoms with Gasteiger partial charge in [0.15, 0.2) is 0 Å². The highest BCUT2D eigenvalue weighted by Gasteiger charge is 2.14. The number of rotatable bonds is 5. The topological polar surface area (TPSA) is 41.6 Å². The third-order valence-corrected chi connectivity index (χ3v) is 1.68. The summed E-state index contributed by atoms with van der Waals surface area (Å²) in [5.74, 6) is -0.0562. The number of ether oxygens (including phenoxy) is 1. The number of carbonyl (C=O) groups excluding carboxylic acids is 1. The van der Waals surface area contributed by atoms with Crippen LogP contribution in [0.15, 0.2) is 0 Å². The fourth-order valence-electron chi connectivity index (χ4n) is 1.19. The molecule has 1 N–H and O–H groups in total. The monoisotopic (exact) mass is 216 g/mol. The first-order valence-corrected chi connectivity index (χ1v) is 5.29. The maximum absolute atomic E-state index is 11.4. The second-order valence-corrected chi connectivity index (χ2v) is 5.13. The van der Waals surface area contributed by atoms with Crippen LogP contribution in [0.1, 0.15) is 27.7 Å². The first-order valence-electron chi connectivity index (χ1n) is 5.29. The van der Waals surface area contributed by atoms with Crippen LogP contribution in [0.25, 0.3) is 0 Å². The van der Waals surface area contributed by atoms with Crippen molar-refractivity contribution in [3.8, 4) is 0 Å². The van der Waals surface area contributed by atoms with E-state index in [2.05, 4.69) is 5.32 Å². The summed E-state index contributed by atoms with van der Waals surface area (Å²) in [5.41, 5.74) is -0.262. The summed E-state index contributed by atoms with van der Waals surface area (Å²) in [6.07, 6.45) is 0. The van der Waals surface area contributed by atoms with Gasteiger partial charge in [0, 0.05) is 12.6 Å². The lowest BCUT2D eigenvalue weighted by Crippen LogP contribution is -2.42. The lowest BCUT2D eigenvalue weighted by molar-refractivity contribution is -0.131. The zero-order valence-corrected chi connectivity index (χ0v) is 10.8. The summed E-state index contributed by atoms with van der Waals surface area (Å²) in [4.78, 5) is 13.5. The molecule has 0 saturated carbocycles. The van der Waals surface area contributed by atoms with E-state index < -0.39 is 0 Å². The molecule has 0 aromatic carbocycles. The van der Waals surface area contributed by atoms with Crippen LogP contribution in [-0.2, 0) is 9.53 Å². The zero-order valence-electron chi connectivity index (χ0n) is 10.8. The molecule has 4 nitrogen and oxygen atoms in total. The average Bonchev–Trinajstić information content (AvgIpc) is 1.97. The van der Waals surface area contributed by atoms with Crippen LogP contribution in [0.4, 0.5) is 0 Å². The average molecular weight is 216 g/mol. The Bertz CT molecular complexity index is 197. The van der Waals surface area contributed by atoms with E-state index in [-0.39, 0.29) is 24.2 Å². The van der Waals surface area contributed by atoms with Crippen molar-refractivity contribution in [2.24, 2.45) is 0 Å². The number of carbonyl (C=O) groups is 1. The molecule has 0 aliphatic carbocycles. The standard InChI is InChI=1S/C11H24N2O2/c1-9(7-13(5)6)12-10(14)8-15-11(2,3)4/h9H,7-8H2,1-6H3,(H,12,14). The molecule has 0 aromatic heterocycles. The highest BCUT2D eigenvalue weighted by molar-refractivity contribution is 5.77. The van der Waals surface area contributed by atoms with Gasteiger partial charge in [0.05, 0.1) is 5.60 Å². The third-order valence-electron chi connectivity index (χ3n) is 1.68.